The van der Waals surface area contributed by atoms with E-state index in [0.717, 1.165) is 36.0 Å². The van der Waals surface area contributed by atoms with Crippen LogP contribution in [0.4, 0.5) is 0 Å². The number of thioether (sulfide) groups is 1. The van der Waals surface area contributed by atoms with Crippen molar-refractivity contribution >= 4 is 51.1 Å². The van der Waals surface area contributed by atoms with E-state index in [4.69, 9.17) is 9.47 Å². The van der Waals surface area contributed by atoms with E-state index in [1.54, 1.807) is 19.2 Å². The first-order valence-electron chi connectivity index (χ1n) is 11.1. The number of benzene rings is 1. The molecule has 0 aliphatic carbocycles. The van der Waals surface area contributed by atoms with Gasteiger partial charge in [0.05, 0.1) is 41.0 Å². The fraction of sp³-hybridized carbons (Fsp3) is 0.565. The standard InChI is InChI=1S/C23H31N3O5S2/c1-4-17-7-5-6-10-25(17)21(28)15-32-14-20(27)24-23-26(11-12-30-2)18-9-8-16(22(29)31-3)13-19(18)33-23/h8-9,13,17H,4-7,10-12,14-15H2,1-3H3. The Labute approximate surface area is 202 Å². The Balaban J connectivity index is 1.71. The molecule has 2 aromatic rings. The number of carbonyl (C=O) groups excluding carboxylic acids is 3. The first-order valence-corrected chi connectivity index (χ1v) is 13.1. The van der Waals surface area contributed by atoms with Crippen LogP contribution < -0.4 is 4.80 Å². The maximum absolute atomic E-state index is 12.6. The van der Waals surface area contributed by atoms with Crippen molar-refractivity contribution in [3.8, 4) is 0 Å². The predicted molar refractivity (Wildman–Crippen MR) is 131 cm³/mol. The number of piperidine rings is 1. The summed E-state index contributed by atoms with van der Waals surface area (Å²) in [5.41, 5.74) is 1.31. The molecule has 1 unspecified atom stereocenters. The van der Waals surface area contributed by atoms with Crippen molar-refractivity contribution in [2.45, 2.75) is 45.2 Å². The molecule has 0 N–H and O–H groups in total. The molecule has 8 nitrogen and oxygen atoms in total. The second-order valence-electron chi connectivity index (χ2n) is 7.85. The Morgan fingerprint density at radius 3 is 2.76 bits per heavy atom. The monoisotopic (exact) mass is 493 g/mol. The zero-order chi connectivity index (χ0) is 23.8. The van der Waals surface area contributed by atoms with Crippen LogP contribution in [0.1, 0.15) is 43.0 Å². The number of esters is 1. The minimum Gasteiger partial charge on any atom is -0.465 e. The summed E-state index contributed by atoms with van der Waals surface area (Å²) in [4.78, 5) is 43.9. The van der Waals surface area contributed by atoms with E-state index in [9.17, 15) is 14.4 Å². The summed E-state index contributed by atoms with van der Waals surface area (Å²) in [6.07, 6.45) is 4.25. The van der Waals surface area contributed by atoms with E-state index in [1.807, 2.05) is 15.5 Å². The SMILES string of the molecule is CCC1CCCCN1C(=O)CSCC(=O)N=c1sc2cc(C(=O)OC)ccc2n1CCOC. The number of hydrogen-bond acceptors (Lipinski definition) is 7. The van der Waals surface area contributed by atoms with Gasteiger partial charge in [-0.25, -0.2) is 4.79 Å². The van der Waals surface area contributed by atoms with Crippen molar-refractivity contribution in [3.63, 3.8) is 0 Å². The van der Waals surface area contributed by atoms with Gasteiger partial charge in [0.25, 0.3) is 5.91 Å². The van der Waals surface area contributed by atoms with Gasteiger partial charge in [-0.2, -0.15) is 4.99 Å². The molecule has 0 spiro atoms. The second kappa shape index (κ2) is 12.3. The van der Waals surface area contributed by atoms with E-state index in [1.165, 1.54) is 36.6 Å². The third kappa shape index (κ3) is 6.45. The number of aromatic nitrogens is 1. The molecule has 1 fully saturated rings. The molecule has 2 heterocycles. The third-order valence-electron chi connectivity index (χ3n) is 5.71. The number of ether oxygens (including phenoxy) is 2. The van der Waals surface area contributed by atoms with Crippen LogP contribution in [-0.4, -0.2) is 72.2 Å². The van der Waals surface area contributed by atoms with Crippen molar-refractivity contribution in [3.05, 3.63) is 28.6 Å². The van der Waals surface area contributed by atoms with Gasteiger partial charge in [0, 0.05) is 26.2 Å². The number of carbonyl (C=O) groups is 3. The fourth-order valence-electron chi connectivity index (χ4n) is 4.00. The molecular weight excluding hydrogens is 462 g/mol. The Kier molecular flexibility index (Phi) is 9.52. The summed E-state index contributed by atoms with van der Waals surface area (Å²) in [5.74, 6) is -0.168. The van der Waals surface area contributed by atoms with E-state index in [0.29, 0.717) is 29.6 Å². The summed E-state index contributed by atoms with van der Waals surface area (Å²) < 4.78 is 12.8. The molecule has 2 amide bonds. The molecule has 3 rings (SSSR count). The number of rotatable bonds is 9. The van der Waals surface area contributed by atoms with Gasteiger partial charge in [-0.1, -0.05) is 18.3 Å². The summed E-state index contributed by atoms with van der Waals surface area (Å²) in [7, 11) is 2.96. The zero-order valence-corrected chi connectivity index (χ0v) is 21.0. The zero-order valence-electron chi connectivity index (χ0n) is 19.4. The average molecular weight is 494 g/mol. The van der Waals surface area contributed by atoms with E-state index in [2.05, 4.69) is 11.9 Å². The highest BCUT2D eigenvalue weighted by molar-refractivity contribution is 8.00. The number of nitrogens with zero attached hydrogens (tertiary/aromatic N) is 3. The van der Waals surface area contributed by atoms with Gasteiger partial charge < -0.3 is 18.9 Å². The molecule has 180 valence electrons. The van der Waals surface area contributed by atoms with Gasteiger partial charge in [-0.05, 0) is 43.9 Å². The molecule has 0 saturated carbocycles. The summed E-state index contributed by atoms with van der Waals surface area (Å²) >= 11 is 2.65. The van der Waals surface area contributed by atoms with Crippen molar-refractivity contribution < 1.29 is 23.9 Å². The number of thiazole rings is 1. The highest BCUT2D eigenvalue weighted by Gasteiger charge is 2.25. The van der Waals surface area contributed by atoms with E-state index >= 15 is 0 Å². The molecule has 1 atom stereocenters. The molecule has 0 bridgehead atoms. The number of methoxy groups -OCH3 is 2. The van der Waals surface area contributed by atoms with Crippen molar-refractivity contribution in [2.24, 2.45) is 4.99 Å². The van der Waals surface area contributed by atoms with Crippen LogP contribution >= 0.6 is 23.1 Å². The molecule has 0 radical (unpaired) electrons. The molecule has 1 aromatic heterocycles. The van der Waals surface area contributed by atoms with Crippen LogP contribution in [0.15, 0.2) is 23.2 Å². The topological polar surface area (TPSA) is 90.2 Å². The number of likely N-dealkylation sites (tertiary alicyclic amines) is 1. The maximum Gasteiger partial charge on any atom is 0.337 e. The van der Waals surface area contributed by atoms with Gasteiger partial charge in [-0.3, -0.25) is 9.59 Å². The van der Waals surface area contributed by atoms with Crippen LogP contribution in [0.3, 0.4) is 0 Å². The lowest BCUT2D eigenvalue weighted by molar-refractivity contribution is -0.132. The minimum absolute atomic E-state index is 0.103. The highest BCUT2D eigenvalue weighted by atomic mass is 32.2. The van der Waals surface area contributed by atoms with Gasteiger partial charge >= 0.3 is 5.97 Å². The molecular formula is C23H31N3O5S2. The Hall–Kier alpha value is -2.17. The van der Waals surface area contributed by atoms with Crippen LogP contribution in [0.5, 0.6) is 0 Å². The fourth-order valence-corrected chi connectivity index (χ4v) is 5.80. The predicted octanol–water partition coefficient (Wildman–Crippen LogP) is 3.09. The maximum atomic E-state index is 12.6. The van der Waals surface area contributed by atoms with Crippen LogP contribution in [0.2, 0.25) is 0 Å². The largest absolute Gasteiger partial charge is 0.465 e. The van der Waals surface area contributed by atoms with Crippen LogP contribution in [0, 0.1) is 0 Å². The minimum atomic E-state index is -0.414. The van der Waals surface area contributed by atoms with E-state index < -0.39 is 5.97 Å². The summed E-state index contributed by atoms with van der Waals surface area (Å²) in [6, 6.07) is 5.59. The van der Waals surface area contributed by atoms with Gasteiger partial charge in [0.15, 0.2) is 4.80 Å². The lowest BCUT2D eigenvalue weighted by atomic mass is 10.0. The van der Waals surface area contributed by atoms with Crippen LogP contribution in [0.25, 0.3) is 10.2 Å². The Morgan fingerprint density at radius 2 is 2.03 bits per heavy atom. The first-order chi connectivity index (χ1) is 16.0. The van der Waals surface area contributed by atoms with Gasteiger partial charge in [-0.15, -0.1) is 11.8 Å². The normalized spacial score (nSPS) is 16.9. The molecule has 1 aliphatic heterocycles. The van der Waals surface area contributed by atoms with Gasteiger partial charge in [0.2, 0.25) is 5.91 Å². The lowest BCUT2D eigenvalue weighted by Gasteiger charge is -2.35. The smallest absolute Gasteiger partial charge is 0.337 e. The number of fused-ring (bicyclic) bond motifs is 1. The van der Waals surface area contributed by atoms with Gasteiger partial charge in [0.1, 0.15) is 0 Å². The summed E-state index contributed by atoms with van der Waals surface area (Å²) in [6.45, 7) is 3.91. The first kappa shape index (κ1) is 25.5. The molecule has 1 aliphatic rings. The highest BCUT2D eigenvalue weighted by Crippen LogP contribution is 2.21. The van der Waals surface area contributed by atoms with Crippen LogP contribution in [-0.2, 0) is 25.6 Å². The van der Waals surface area contributed by atoms with E-state index in [-0.39, 0.29) is 23.3 Å². The number of hydrogen-bond donors (Lipinski definition) is 0. The number of amides is 2. The third-order valence-corrected chi connectivity index (χ3v) is 7.66. The molecule has 10 heteroatoms. The van der Waals surface area contributed by atoms with Crippen molar-refractivity contribution in [1.29, 1.82) is 0 Å². The summed E-state index contributed by atoms with van der Waals surface area (Å²) in [5, 5.41) is 0. The second-order valence-corrected chi connectivity index (χ2v) is 9.84. The Bertz CT molecular complexity index is 1060. The van der Waals surface area contributed by atoms with Crippen molar-refractivity contribution in [1.82, 2.24) is 9.47 Å². The Morgan fingerprint density at radius 1 is 1.21 bits per heavy atom. The van der Waals surface area contributed by atoms with Crippen molar-refractivity contribution in [2.75, 3.05) is 38.9 Å². The molecule has 33 heavy (non-hydrogen) atoms. The quantitative estimate of drug-likeness (QED) is 0.499. The average Bonchev–Trinajstić information content (AvgIpc) is 3.17. The lowest BCUT2D eigenvalue weighted by Crippen LogP contribution is -2.44. The molecule has 1 aromatic carbocycles. The molecule has 1 saturated heterocycles.